The fourth-order valence-corrected chi connectivity index (χ4v) is 2.07. The zero-order valence-corrected chi connectivity index (χ0v) is 13.5. The largest absolute Gasteiger partial charge is 0.435 e. The van der Waals surface area contributed by atoms with Crippen LogP contribution < -0.4 is 10.1 Å². The van der Waals surface area contributed by atoms with E-state index in [1.165, 1.54) is 18.2 Å². The smallest absolute Gasteiger partial charge is 0.387 e. The fraction of sp³-hybridized carbons (Fsp3) is 0.294. The molecule has 7 heteroatoms. The molecule has 0 radical (unpaired) electrons. The Bertz CT molecular complexity index is 709. The monoisotopic (exact) mass is 335 g/mol. The molecule has 5 nitrogen and oxygen atoms in total. The third kappa shape index (κ3) is 5.19. The molecule has 0 aliphatic carbocycles. The summed E-state index contributed by atoms with van der Waals surface area (Å²) in [4.78, 5) is 11.8. The highest BCUT2D eigenvalue weighted by molar-refractivity contribution is 5.91. The van der Waals surface area contributed by atoms with Crippen LogP contribution in [0.1, 0.15) is 23.7 Å². The summed E-state index contributed by atoms with van der Waals surface area (Å²) in [6.45, 7) is 2.22. The van der Waals surface area contributed by atoms with Gasteiger partial charge in [-0.05, 0) is 37.6 Å². The third-order valence-electron chi connectivity index (χ3n) is 3.36. The lowest BCUT2D eigenvalue weighted by molar-refractivity contribution is -0.116. The van der Waals surface area contributed by atoms with Gasteiger partial charge in [-0.15, -0.1) is 0 Å². The van der Waals surface area contributed by atoms with E-state index in [0.29, 0.717) is 12.1 Å². The number of halogens is 2. The van der Waals surface area contributed by atoms with Crippen molar-refractivity contribution in [3.05, 3.63) is 53.4 Å². The van der Waals surface area contributed by atoms with Gasteiger partial charge in [-0.2, -0.15) is 13.9 Å². The van der Waals surface area contributed by atoms with Crippen molar-refractivity contribution >= 4 is 12.0 Å². The number of carbonyl (C=O) groups is 1. The lowest BCUT2D eigenvalue weighted by atomic mass is 10.2. The van der Waals surface area contributed by atoms with Crippen molar-refractivity contribution in [1.29, 1.82) is 0 Å². The molecule has 128 valence electrons. The summed E-state index contributed by atoms with van der Waals surface area (Å²) in [7, 11) is 0. The molecule has 1 amide bonds. The summed E-state index contributed by atoms with van der Waals surface area (Å²) in [5.41, 5.74) is 2.56. The average Bonchev–Trinajstić information content (AvgIpc) is 2.92. The number of aromatic nitrogens is 2. The van der Waals surface area contributed by atoms with Crippen molar-refractivity contribution in [2.75, 3.05) is 0 Å². The predicted molar refractivity (Wildman–Crippen MR) is 86.6 cm³/mol. The molecule has 0 saturated carbocycles. The van der Waals surface area contributed by atoms with Crippen LogP contribution in [-0.4, -0.2) is 22.3 Å². The van der Waals surface area contributed by atoms with Crippen LogP contribution >= 0.6 is 0 Å². The second-order valence-electron chi connectivity index (χ2n) is 5.09. The highest BCUT2D eigenvalue weighted by Gasteiger charge is 2.05. The van der Waals surface area contributed by atoms with Gasteiger partial charge in [0.05, 0.1) is 5.69 Å². The highest BCUT2D eigenvalue weighted by atomic mass is 19.3. The van der Waals surface area contributed by atoms with Crippen molar-refractivity contribution in [2.45, 2.75) is 33.5 Å². The predicted octanol–water partition coefficient (Wildman–Crippen LogP) is 3.14. The van der Waals surface area contributed by atoms with Gasteiger partial charge >= 0.3 is 6.61 Å². The number of hydrogen-bond donors (Lipinski definition) is 1. The van der Waals surface area contributed by atoms with E-state index in [2.05, 4.69) is 15.2 Å². The third-order valence-corrected chi connectivity index (χ3v) is 3.36. The van der Waals surface area contributed by atoms with E-state index in [1.807, 2.05) is 24.7 Å². The van der Waals surface area contributed by atoms with E-state index >= 15 is 0 Å². The number of nitrogens with zero attached hydrogens (tertiary/aromatic N) is 2. The van der Waals surface area contributed by atoms with Crippen molar-refractivity contribution in [2.24, 2.45) is 0 Å². The Hall–Kier alpha value is -2.70. The van der Waals surface area contributed by atoms with E-state index in [-0.39, 0.29) is 11.7 Å². The van der Waals surface area contributed by atoms with E-state index in [1.54, 1.807) is 18.2 Å². The zero-order chi connectivity index (χ0) is 17.5. The van der Waals surface area contributed by atoms with Gasteiger partial charge in [-0.3, -0.25) is 9.48 Å². The van der Waals surface area contributed by atoms with Gasteiger partial charge < -0.3 is 10.1 Å². The van der Waals surface area contributed by atoms with E-state index in [0.717, 1.165) is 17.8 Å². The van der Waals surface area contributed by atoms with Crippen molar-refractivity contribution in [3.63, 3.8) is 0 Å². The van der Waals surface area contributed by atoms with Gasteiger partial charge in [0.1, 0.15) is 5.75 Å². The average molecular weight is 335 g/mol. The maximum Gasteiger partial charge on any atom is 0.387 e. The number of aryl methyl sites for hydroxylation is 2. The molecule has 1 aromatic heterocycles. The molecule has 1 aromatic carbocycles. The van der Waals surface area contributed by atoms with Crippen LogP contribution in [0.2, 0.25) is 0 Å². The minimum atomic E-state index is -2.85. The van der Waals surface area contributed by atoms with Gasteiger partial charge in [0.15, 0.2) is 0 Å². The Balaban J connectivity index is 1.87. The zero-order valence-electron chi connectivity index (χ0n) is 13.5. The first-order valence-corrected chi connectivity index (χ1v) is 7.51. The Kier molecular flexibility index (Phi) is 6.06. The molecule has 2 rings (SSSR count). The molecule has 0 spiro atoms. The molecule has 0 unspecified atom stereocenters. The Morgan fingerprint density at radius 2 is 2.08 bits per heavy atom. The van der Waals surface area contributed by atoms with Gasteiger partial charge in [0.25, 0.3) is 0 Å². The number of alkyl halides is 2. The summed E-state index contributed by atoms with van der Waals surface area (Å²) >= 11 is 0. The summed E-state index contributed by atoms with van der Waals surface area (Å²) in [5, 5.41) is 7.09. The van der Waals surface area contributed by atoms with Crippen LogP contribution in [0.15, 0.2) is 36.5 Å². The van der Waals surface area contributed by atoms with Gasteiger partial charge in [0.2, 0.25) is 5.91 Å². The molecular formula is C17H19F2N3O2. The number of hydrogen-bond acceptors (Lipinski definition) is 3. The maximum atomic E-state index is 12.1. The molecule has 0 aliphatic rings. The summed E-state index contributed by atoms with van der Waals surface area (Å²) in [6.07, 6.45) is 4.90. The Labute approximate surface area is 138 Å². The van der Waals surface area contributed by atoms with Gasteiger partial charge in [-0.1, -0.05) is 12.1 Å². The fourth-order valence-electron chi connectivity index (χ4n) is 2.07. The molecule has 0 aliphatic heterocycles. The molecule has 0 atom stereocenters. The van der Waals surface area contributed by atoms with Crippen LogP contribution in [0.25, 0.3) is 6.08 Å². The molecule has 24 heavy (non-hydrogen) atoms. The number of ether oxygens (including phenoxy) is 1. The standard InChI is InChI=1S/C17H19F2N3O2/c1-3-22-11-14(12(2)21-22)10-20-16(23)9-6-13-4-7-15(8-5-13)24-17(18)19/h4-9,11,17H,3,10H2,1-2H3,(H,20,23). The first kappa shape index (κ1) is 17.7. The molecule has 1 heterocycles. The van der Waals surface area contributed by atoms with Crippen molar-refractivity contribution in [3.8, 4) is 5.75 Å². The molecule has 1 N–H and O–H groups in total. The number of amides is 1. The van der Waals surface area contributed by atoms with Crippen molar-refractivity contribution in [1.82, 2.24) is 15.1 Å². The molecule has 0 fully saturated rings. The normalized spacial score (nSPS) is 11.2. The quantitative estimate of drug-likeness (QED) is 0.791. The topological polar surface area (TPSA) is 56.2 Å². The number of carbonyl (C=O) groups excluding carboxylic acids is 1. The summed E-state index contributed by atoms with van der Waals surface area (Å²) in [5.74, 6) is -0.165. The first-order valence-electron chi connectivity index (χ1n) is 7.51. The van der Waals surface area contributed by atoms with Gasteiger partial charge in [0, 0.05) is 30.9 Å². The summed E-state index contributed by atoms with van der Waals surface area (Å²) in [6, 6.07) is 6.03. The second kappa shape index (κ2) is 8.24. The molecular weight excluding hydrogens is 316 g/mol. The van der Waals surface area contributed by atoms with E-state index in [4.69, 9.17) is 0 Å². The lowest BCUT2D eigenvalue weighted by Crippen LogP contribution is -2.20. The Morgan fingerprint density at radius 1 is 1.38 bits per heavy atom. The van der Waals surface area contributed by atoms with Crippen LogP contribution in [0.5, 0.6) is 5.75 Å². The summed E-state index contributed by atoms with van der Waals surface area (Å²) < 4.78 is 30.2. The minimum absolute atomic E-state index is 0.0787. The van der Waals surface area contributed by atoms with Gasteiger partial charge in [-0.25, -0.2) is 0 Å². The van der Waals surface area contributed by atoms with Crippen LogP contribution in [0.3, 0.4) is 0 Å². The SMILES string of the molecule is CCn1cc(CNC(=O)C=Cc2ccc(OC(F)F)cc2)c(C)n1. The maximum absolute atomic E-state index is 12.1. The van der Waals surface area contributed by atoms with Crippen molar-refractivity contribution < 1.29 is 18.3 Å². The molecule has 0 bridgehead atoms. The van der Waals surface area contributed by atoms with Crippen LogP contribution in [-0.2, 0) is 17.9 Å². The molecule has 0 saturated heterocycles. The van der Waals surface area contributed by atoms with Crippen LogP contribution in [0.4, 0.5) is 8.78 Å². The van der Waals surface area contributed by atoms with E-state index < -0.39 is 6.61 Å². The minimum Gasteiger partial charge on any atom is -0.435 e. The molecule has 2 aromatic rings. The highest BCUT2D eigenvalue weighted by Crippen LogP contribution is 2.15. The Morgan fingerprint density at radius 3 is 2.67 bits per heavy atom. The number of rotatable bonds is 7. The van der Waals surface area contributed by atoms with E-state index in [9.17, 15) is 13.6 Å². The second-order valence-corrected chi connectivity index (χ2v) is 5.09. The first-order chi connectivity index (χ1) is 11.5. The number of nitrogens with one attached hydrogen (secondary N) is 1. The number of benzene rings is 1. The van der Waals surface area contributed by atoms with Crippen LogP contribution in [0, 0.1) is 6.92 Å². The lowest BCUT2D eigenvalue weighted by Gasteiger charge is -2.04.